The first-order chi connectivity index (χ1) is 15.1. The monoisotopic (exact) mass is 432 g/mol. The summed E-state index contributed by atoms with van der Waals surface area (Å²) in [6.45, 7) is 3.00. The number of para-hydroxylation sites is 1. The molecule has 0 atom stereocenters. The van der Waals surface area contributed by atoms with Crippen molar-refractivity contribution in [2.24, 2.45) is 0 Å². The molecule has 156 valence electrons. The van der Waals surface area contributed by atoms with E-state index in [0.717, 1.165) is 21.4 Å². The van der Waals surface area contributed by atoms with Crippen molar-refractivity contribution in [1.82, 2.24) is 14.9 Å². The second-order valence-corrected chi connectivity index (χ2v) is 7.98. The van der Waals surface area contributed by atoms with Gasteiger partial charge in [0.15, 0.2) is 0 Å². The number of hydrogen-bond acceptors (Lipinski definition) is 5. The van der Waals surface area contributed by atoms with Crippen LogP contribution in [-0.2, 0) is 6.54 Å². The molecule has 0 spiro atoms. The van der Waals surface area contributed by atoms with Crippen LogP contribution < -0.4 is 5.32 Å². The molecule has 0 unspecified atom stereocenters. The summed E-state index contributed by atoms with van der Waals surface area (Å²) < 4.78 is 2.05. The Hall–Kier alpha value is -3.65. The Morgan fingerprint density at radius 1 is 1.16 bits per heavy atom. The molecular formula is C23H20N4O3S. The van der Waals surface area contributed by atoms with Gasteiger partial charge in [0.25, 0.3) is 11.6 Å². The Morgan fingerprint density at radius 2 is 2.00 bits per heavy atom. The second-order valence-electron chi connectivity index (χ2n) is 6.90. The number of nitrogens with one attached hydrogen (secondary N) is 1. The predicted octanol–water partition coefficient (Wildman–Crippen LogP) is 4.89. The molecule has 0 radical (unpaired) electrons. The first-order valence-electron chi connectivity index (χ1n) is 9.78. The number of pyridine rings is 1. The third-order valence-corrected chi connectivity index (χ3v) is 5.91. The fourth-order valence-electron chi connectivity index (χ4n) is 3.38. The van der Waals surface area contributed by atoms with E-state index >= 15 is 0 Å². The number of benzene rings is 2. The molecule has 4 aromatic rings. The van der Waals surface area contributed by atoms with E-state index in [1.807, 2.05) is 42.0 Å². The quantitative estimate of drug-likeness (QED) is 0.332. The van der Waals surface area contributed by atoms with Crippen LogP contribution in [0.3, 0.4) is 0 Å². The molecular weight excluding hydrogens is 412 g/mol. The number of nitro benzene ring substituents is 1. The standard InChI is InChI=1S/C23H20N4O3S/c1-2-25-23(28)17-9-10-18-20(12-17)26(14-16-6-5-11-24-13-16)15-22(18)31-21-8-4-3-7-19(21)27(29)30/h3-13,15H,2,14H2,1H3,(H,25,28). The lowest BCUT2D eigenvalue weighted by Crippen LogP contribution is -2.22. The first kappa shape index (κ1) is 20.6. The molecule has 0 bridgehead atoms. The van der Waals surface area contributed by atoms with Crippen molar-refractivity contribution in [2.45, 2.75) is 23.3 Å². The number of carbonyl (C=O) groups excluding carboxylic acids is 1. The van der Waals surface area contributed by atoms with E-state index < -0.39 is 0 Å². The summed E-state index contributed by atoms with van der Waals surface area (Å²) in [6.07, 6.45) is 5.50. The van der Waals surface area contributed by atoms with Gasteiger partial charge in [0.1, 0.15) is 0 Å². The maximum atomic E-state index is 12.4. The Morgan fingerprint density at radius 3 is 2.74 bits per heavy atom. The summed E-state index contributed by atoms with van der Waals surface area (Å²) in [5, 5.41) is 15.2. The van der Waals surface area contributed by atoms with Crippen LogP contribution in [0.2, 0.25) is 0 Å². The van der Waals surface area contributed by atoms with Crippen LogP contribution in [0.15, 0.2) is 83.0 Å². The van der Waals surface area contributed by atoms with Crippen molar-refractivity contribution in [1.29, 1.82) is 0 Å². The zero-order valence-electron chi connectivity index (χ0n) is 16.8. The van der Waals surface area contributed by atoms with Gasteiger partial charge in [-0.2, -0.15) is 0 Å². The molecule has 0 aliphatic rings. The summed E-state index contributed by atoms with van der Waals surface area (Å²) in [4.78, 5) is 29.1. The molecule has 0 saturated carbocycles. The molecule has 0 saturated heterocycles. The Kier molecular flexibility index (Phi) is 5.99. The van der Waals surface area contributed by atoms with Crippen LogP contribution in [0.4, 0.5) is 5.69 Å². The number of fused-ring (bicyclic) bond motifs is 1. The first-order valence-corrected chi connectivity index (χ1v) is 10.6. The number of nitro groups is 1. The van der Waals surface area contributed by atoms with Crippen LogP contribution in [0.5, 0.6) is 0 Å². The molecule has 2 aromatic carbocycles. The van der Waals surface area contributed by atoms with Crippen molar-refractivity contribution in [3.8, 4) is 0 Å². The second kappa shape index (κ2) is 9.01. The molecule has 1 amide bonds. The van der Waals surface area contributed by atoms with Crippen LogP contribution in [-0.4, -0.2) is 26.9 Å². The molecule has 2 heterocycles. The lowest BCUT2D eigenvalue weighted by atomic mass is 10.1. The third-order valence-electron chi connectivity index (χ3n) is 4.80. The number of aromatic nitrogens is 2. The average molecular weight is 433 g/mol. The van der Waals surface area contributed by atoms with Crippen molar-refractivity contribution in [3.05, 3.63) is 94.4 Å². The van der Waals surface area contributed by atoms with Crippen molar-refractivity contribution >= 4 is 34.3 Å². The molecule has 0 aliphatic heterocycles. The van der Waals surface area contributed by atoms with Gasteiger partial charge in [0.2, 0.25) is 0 Å². The predicted molar refractivity (Wildman–Crippen MR) is 121 cm³/mol. The fourth-order valence-corrected chi connectivity index (χ4v) is 4.47. The lowest BCUT2D eigenvalue weighted by Gasteiger charge is -2.07. The minimum atomic E-state index is -0.371. The maximum absolute atomic E-state index is 12.4. The van der Waals surface area contributed by atoms with Gasteiger partial charge in [0.05, 0.1) is 15.3 Å². The molecule has 8 heteroatoms. The van der Waals surface area contributed by atoms with Crippen LogP contribution in [0.1, 0.15) is 22.8 Å². The molecule has 31 heavy (non-hydrogen) atoms. The number of rotatable bonds is 7. The van der Waals surface area contributed by atoms with Gasteiger partial charge in [-0.05, 0) is 36.8 Å². The molecule has 2 aromatic heterocycles. The third kappa shape index (κ3) is 4.44. The number of amides is 1. The Bertz CT molecular complexity index is 1250. The summed E-state index contributed by atoms with van der Waals surface area (Å²) in [7, 11) is 0. The SMILES string of the molecule is CCNC(=O)c1ccc2c(Sc3ccccc3[N+](=O)[O-])cn(Cc3cccnc3)c2c1. The lowest BCUT2D eigenvalue weighted by molar-refractivity contribution is -0.387. The van der Waals surface area contributed by atoms with E-state index in [1.54, 1.807) is 36.7 Å². The minimum absolute atomic E-state index is 0.0691. The topological polar surface area (TPSA) is 90.1 Å². The smallest absolute Gasteiger partial charge is 0.283 e. The van der Waals surface area contributed by atoms with Gasteiger partial charge in [-0.15, -0.1) is 0 Å². The van der Waals surface area contributed by atoms with Crippen LogP contribution in [0, 0.1) is 10.1 Å². The van der Waals surface area contributed by atoms with E-state index in [4.69, 9.17) is 0 Å². The van der Waals surface area contributed by atoms with Crippen molar-refractivity contribution in [3.63, 3.8) is 0 Å². The summed E-state index contributed by atoms with van der Waals surface area (Å²) >= 11 is 1.35. The Balaban J connectivity index is 1.80. The zero-order chi connectivity index (χ0) is 21.8. The molecule has 4 rings (SSSR count). The highest BCUT2D eigenvalue weighted by molar-refractivity contribution is 7.99. The van der Waals surface area contributed by atoms with Gasteiger partial charge >= 0.3 is 0 Å². The van der Waals surface area contributed by atoms with E-state index in [1.165, 1.54) is 17.8 Å². The fraction of sp³-hybridized carbons (Fsp3) is 0.130. The largest absolute Gasteiger partial charge is 0.352 e. The van der Waals surface area contributed by atoms with E-state index in [9.17, 15) is 14.9 Å². The highest BCUT2D eigenvalue weighted by Crippen LogP contribution is 2.39. The van der Waals surface area contributed by atoms with Gasteiger partial charge in [0, 0.05) is 53.6 Å². The normalized spacial score (nSPS) is 10.9. The van der Waals surface area contributed by atoms with Gasteiger partial charge < -0.3 is 9.88 Å². The van der Waals surface area contributed by atoms with E-state index in [0.29, 0.717) is 23.5 Å². The van der Waals surface area contributed by atoms with Crippen molar-refractivity contribution < 1.29 is 9.72 Å². The molecule has 0 fully saturated rings. The van der Waals surface area contributed by atoms with Crippen LogP contribution in [0.25, 0.3) is 10.9 Å². The van der Waals surface area contributed by atoms with Gasteiger partial charge in [-0.25, -0.2) is 0 Å². The van der Waals surface area contributed by atoms with E-state index in [2.05, 4.69) is 10.3 Å². The maximum Gasteiger partial charge on any atom is 0.283 e. The minimum Gasteiger partial charge on any atom is -0.352 e. The molecule has 0 aliphatic carbocycles. The summed E-state index contributed by atoms with van der Waals surface area (Å²) in [6, 6.07) is 16.1. The van der Waals surface area contributed by atoms with Gasteiger partial charge in [-0.1, -0.05) is 36.0 Å². The molecule has 1 N–H and O–H groups in total. The highest BCUT2D eigenvalue weighted by atomic mass is 32.2. The van der Waals surface area contributed by atoms with E-state index in [-0.39, 0.29) is 16.5 Å². The number of hydrogen-bond donors (Lipinski definition) is 1. The van der Waals surface area contributed by atoms with Crippen LogP contribution >= 0.6 is 11.8 Å². The summed E-state index contributed by atoms with van der Waals surface area (Å²) in [5.74, 6) is -0.133. The molecule has 7 nitrogen and oxygen atoms in total. The number of carbonyl (C=O) groups is 1. The Labute approximate surface area is 183 Å². The zero-order valence-corrected chi connectivity index (χ0v) is 17.6. The van der Waals surface area contributed by atoms with Crippen molar-refractivity contribution in [2.75, 3.05) is 6.54 Å². The number of nitrogens with zero attached hydrogens (tertiary/aromatic N) is 3. The van der Waals surface area contributed by atoms with Gasteiger partial charge in [-0.3, -0.25) is 19.9 Å². The average Bonchev–Trinajstić information content (AvgIpc) is 3.11. The highest BCUT2D eigenvalue weighted by Gasteiger charge is 2.18. The summed E-state index contributed by atoms with van der Waals surface area (Å²) in [5.41, 5.74) is 2.54.